The summed E-state index contributed by atoms with van der Waals surface area (Å²) in [5.41, 5.74) is 1.08. The monoisotopic (exact) mass is 237 g/mol. The summed E-state index contributed by atoms with van der Waals surface area (Å²) in [7, 11) is 3.05. The van der Waals surface area contributed by atoms with Crippen LogP contribution >= 0.6 is 0 Å². The van der Waals surface area contributed by atoms with Gasteiger partial charge in [0.05, 0.1) is 20.1 Å². The minimum atomic E-state index is -0.197. The standard InChI is InChI=1S/C13H19NO3/c1-10(13(15)17-3)8-14-9-11-6-4-5-7-12(11)16-2/h4-7,10,14H,8-9H2,1-3H3/t10-/m1/s1. The highest BCUT2D eigenvalue weighted by Crippen LogP contribution is 2.16. The van der Waals surface area contributed by atoms with Crippen LogP contribution < -0.4 is 10.1 Å². The van der Waals surface area contributed by atoms with Gasteiger partial charge in [0.2, 0.25) is 0 Å². The number of nitrogens with one attached hydrogen (secondary N) is 1. The Morgan fingerprint density at radius 2 is 2.06 bits per heavy atom. The molecule has 1 rings (SSSR count). The van der Waals surface area contributed by atoms with E-state index in [4.69, 9.17) is 4.74 Å². The summed E-state index contributed by atoms with van der Waals surface area (Å²) < 4.78 is 9.90. The first kappa shape index (κ1) is 13.5. The lowest BCUT2D eigenvalue weighted by molar-refractivity contribution is -0.144. The molecule has 0 aliphatic rings. The average molecular weight is 237 g/mol. The van der Waals surface area contributed by atoms with E-state index in [0.717, 1.165) is 11.3 Å². The Morgan fingerprint density at radius 1 is 1.35 bits per heavy atom. The molecule has 4 heteroatoms. The maximum atomic E-state index is 11.2. The zero-order valence-electron chi connectivity index (χ0n) is 10.5. The van der Waals surface area contributed by atoms with Gasteiger partial charge in [-0.2, -0.15) is 0 Å². The van der Waals surface area contributed by atoms with Crippen LogP contribution in [-0.4, -0.2) is 26.7 Å². The van der Waals surface area contributed by atoms with E-state index >= 15 is 0 Å². The molecule has 0 unspecified atom stereocenters. The van der Waals surface area contributed by atoms with Crippen molar-refractivity contribution >= 4 is 5.97 Å². The van der Waals surface area contributed by atoms with Crippen LogP contribution in [0.25, 0.3) is 0 Å². The van der Waals surface area contributed by atoms with E-state index in [1.165, 1.54) is 7.11 Å². The highest BCUT2D eigenvalue weighted by molar-refractivity contribution is 5.72. The second-order valence-corrected chi connectivity index (χ2v) is 3.87. The number of hydrogen-bond donors (Lipinski definition) is 1. The second-order valence-electron chi connectivity index (χ2n) is 3.87. The van der Waals surface area contributed by atoms with Gasteiger partial charge < -0.3 is 14.8 Å². The number of esters is 1. The summed E-state index contributed by atoms with van der Waals surface area (Å²) in [5, 5.41) is 3.21. The molecule has 1 N–H and O–H groups in total. The lowest BCUT2D eigenvalue weighted by Gasteiger charge is -2.12. The number of hydrogen-bond acceptors (Lipinski definition) is 4. The van der Waals surface area contributed by atoms with Crippen molar-refractivity contribution in [3.05, 3.63) is 29.8 Å². The Balaban J connectivity index is 2.43. The first-order valence-corrected chi connectivity index (χ1v) is 5.59. The van der Waals surface area contributed by atoms with Crippen LogP contribution in [0.5, 0.6) is 5.75 Å². The molecule has 4 nitrogen and oxygen atoms in total. The van der Waals surface area contributed by atoms with Crippen molar-refractivity contribution < 1.29 is 14.3 Å². The Bertz CT molecular complexity index is 365. The van der Waals surface area contributed by atoms with E-state index in [1.54, 1.807) is 7.11 Å². The maximum absolute atomic E-state index is 11.2. The molecule has 94 valence electrons. The fourth-order valence-corrected chi connectivity index (χ4v) is 1.56. The van der Waals surface area contributed by atoms with Crippen LogP contribution in [0, 0.1) is 5.92 Å². The molecule has 0 bridgehead atoms. The van der Waals surface area contributed by atoms with Gasteiger partial charge in [0.25, 0.3) is 0 Å². The Morgan fingerprint density at radius 3 is 2.71 bits per heavy atom. The smallest absolute Gasteiger partial charge is 0.309 e. The SMILES string of the molecule is COC(=O)[C@H](C)CNCc1ccccc1OC. The number of para-hydroxylation sites is 1. The molecule has 0 aliphatic heterocycles. The van der Waals surface area contributed by atoms with Gasteiger partial charge in [-0.15, -0.1) is 0 Å². The summed E-state index contributed by atoms with van der Waals surface area (Å²) in [6, 6.07) is 7.80. The number of carbonyl (C=O) groups is 1. The fraction of sp³-hybridized carbons (Fsp3) is 0.462. The van der Waals surface area contributed by atoms with Gasteiger partial charge in [-0.3, -0.25) is 4.79 Å². The summed E-state index contributed by atoms with van der Waals surface area (Å²) >= 11 is 0. The van der Waals surface area contributed by atoms with Crippen LogP contribution in [0.1, 0.15) is 12.5 Å². The summed E-state index contributed by atoms with van der Waals surface area (Å²) in [4.78, 5) is 11.2. The largest absolute Gasteiger partial charge is 0.496 e. The van der Waals surface area contributed by atoms with E-state index in [1.807, 2.05) is 31.2 Å². The van der Waals surface area contributed by atoms with Crippen molar-refractivity contribution in [2.45, 2.75) is 13.5 Å². The van der Waals surface area contributed by atoms with Gasteiger partial charge >= 0.3 is 5.97 Å². The Hall–Kier alpha value is -1.55. The van der Waals surface area contributed by atoms with Crippen molar-refractivity contribution in [1.29, 1.82) is 0 Å². The minimum absolute atomic E-state index is 0.144. The van der Waals surface area contributed by atoms with Gasteiger partial charge in [-0.1, -0.05) is 25.1 Å². The van der Waals surface area contributed by atoms with Gasteiger partial charge in [0, 0.05) is 18.7 Å². The zero-order chi connectivity index (χ0) is 12.7. The molecule has 0 spiro atoms. The lowest BCUT2D eigenvalue weighted by Crippen LogP contribution is -2.27. The quantitative estimate of drug-likeness (QED) is 0.763. The first-order chi connectivity index (χ1) is 8.19. The fourth-order valence-electron chi connectivity index (χ4n) is 1.56. The van der Waals surface area contributed by atoms with Crippen molar-refractivity contribution in [2.75, 3.05) is 20.8 Å². The molecule has 0 heterocycles. The highest BCUT2D eigenvalue weighted by atomic mass is 16.5. The van der Waals surface area contributed by atoms with Gasteiger partial charge in [-0.05, 0) is 6.07 Å². The van der Waals surface area contributed by atoms with Crippen LogP contribution in [-0.2, 0) is 16.1 Å². The number of methoxy groups -OCH3 is 2. The molecule has 1 aromatic rings. The third-order valence-electron chi connectivity index (χ3n) is 2.56. The van der Waals surface area contributed by atoms with Crippen LogP contribution in [0.4, 0.5) is 0 Å². The van der Waals surface area contributed by atoms with Gasteiger partial charge in [-0.25, -0.2) is 0 Å². The van der Waals surface area contributed by atoms with Crippen LogP contribution in [0.2, 0.25) is 0 Å². The summed E-state index contributed by atoms with van der Waals surface area (Å²) in [6.45, 7) is 3.09. The van der Waals surface area contributed by atoms with Gasteiger partial charge in [0.15, 0.2) is 0 Å². The van der Waals surface area contributed by atoms with E-state index in [2.05, 4.69) is 10.1 Å². The zero-order valence-corrected chi connectivity index (χ0v) is 10.5. The van der Waals surface area contributed by atoms with E-state index in [0.29, 0.717) is 13.1 Å². The van der Waals surface area contributed by atoms with E-state index in [-0.39, 0.29) is 11.9 Å². The number of ether oxygens (including phenoxy) is 2. The maximum Gasteiger partial charge on any atom is 0.309 e. The molecule has 0 saturated heterocycles. The Labute approximate surface area is 102 Å². The predicted molar refractivity (Wildman–Crippen MR) is 65.9 cm³/mol. The van der Waals surface area contributed by atoms with Gasteiger partial charge in [0.1, 0.15) is 5.75 Å². The summed E-state index contributed by atoms with van der Waals surface area (Å²) in [5.74, 6) is 0.512. The molecule has 17 heavy (non-hydrogen) atoms. The highest BCUT2D eigenvalue weighted by Gasteiger charge is 2.12. The number of carbonyl (C=O) groups excluding carboxylic acids is 1. The third kappa shape index (κ3) is 4.07. The van der Waals surface area contributed by atoms with E-state index < -0.39 is 0 Å². The van der Waals surface area contributed by atoms with Crippen molar-refractivity contribution in [3.63, 3.8) is 0 Å². The van der Waals surface area contributed by atoms with Crippen LogP contribution in [0.3, 0.4) is 0 Å². The molecule has 0 aromatic heterocycles. The molecular weight excluding hydrogens is 218 g/mol. The van der Waals surface area contributed by atoms with E-state index in [9.17, 15) is 4.79 Å². The van der Waals surface area contributed by atoms with Crippen molar-refractivity contribution in [3.8, 4) is 5.75 Å². The average Bonchev–Trinajstić information content (AvgIpc) is 2.38. The van der Waals surface area contributed by atoms with Crippen molar-refractivity contribution in [2.24, 2.45) is 5.92 Å². The minimum Gasteiger partial charge on any atom is -0.496 e. The molecule has 0 radical (unpaired) electrons. The van der Waals surface area contributed by atoms with Crippen LogP contribution in [0.15, 0.2) is 24.3 Å². The predicted octanol–water partition coefficient (Wildman–Crippen LogP) is 1.59. The molecule has 0 aliphatic carbocycles. The molecule has 1 aromatic carbocycles. The topological polar surface area (TPSA) is 47.6 Å². The lowest BCUT2D eigenvalue weighted by atomic mass is 10.1. The third-order valence-corrected chi connectivity index (χ3v) is 2.56. The summed E-state index contributed by atoms with van der Waals surface area (Å²) in [6.07, 6.45) is 0. The second kappa shape index (κ2) is 6.91. The molecule has 0 amide bonds. The number of benzene rings is 1. The molecule has 0 fully saturated rings. The Kier molecular flexibility index (Phi) is 5.49. The molecular formula is C13H19NO3. The molecule has 0 saturated carbocycles. The van der Waals surface area contributed by atoms with Crippen molar-refractivity contribution in [1.82, 2.24) is 5.32 Å². The normalized spacial score (nSPS) is 11.9. The first-order valence-electron chi connectivity index (χ1n) is 5.59. The number of rotatable bonds is 6. The molecule has 1 atom stereocenters.